The summed E-state index contributed by atoms with van der Waals surface area (Å²) in [6.45, 7) is 3.21. The van der Waals surface area contributed by atoms with E-state index in [9.17, 15) is 15.3 Å². The van der Waals surface area contributed by atoms with Crippen molar-refractivity contribution in [1.82, 2.24) is 4.90 Å². The summed E-state index contributed by atoms with van der Waals surface area (Å²) < 4.78 is 0. The molecule has 0 spiro atoms. The third-order valence-electron chi connectivity index (χ3n) is 4.86. The zero-order valence-electron chi connectivity index (χ0n) is 13.3. The van der Waals surface area contributed by atoms with Gasteiger partial charge in [-0.15, -0.1) is 0 Å². The molecule has 122 valence electrons. The third-order valence-corrected chi connectivity index (χ3v) is 4.86. The van der Waals surface area contributed by atoms with E-state index in [0.29, 0.717) is 13.0 Å². The number of aliphatic hydroxyl groups excluding tert-OH is 1. The number of likely N-dealkylation sites (tertiary alicyclic amines) is 1. The van der Waals surface area contributed by atoms with Crippen LogP contribution in [0.2, 0.25) is 0 Å². The molecule has 1 heterocycles. The largest absolute Gasteiger partial charge is 0.508 e. The summed E-state index contributed by atoms with van der Waals surface area (Å²) in [4.78, 5) is 2.12. The number of phenolic OH excluding ortho intramolecular Hbond substituents is 1. The highest BCUT2D eigenvalue weighted by Crippen LogP contribution is 2.35. The second-order valence-electron chi connectivity index (χ2n) is 6.40. The van der Waals surface area contributed by atoms with Crippen LogP contribution in [0.5, 0.6) is 5.75 Å². The van der Waals surface area contributed by atoms with E-state index in [0.717, 1.165) is 17.7 Å². The molecule has 1 saturated heterocycles. The van der Waals surface area contributed by atoms with Crippen LogP contribution in [-0.4, -0.2) is 39.4 Å². The van der Waals surface area contributed by atoms with Gasteiger partial charge in [-0.25, -0.2) is 0 Å². The van der Waals surface area contributed by atoms with Crippen molar-refractivity contribution >= 4 is 0 Å². The summed E-state index contributed by atoms with van der Waals surface area (Å²) in [5, 5.41) is 30.8. The Bertz CT molecular complexity index is 643. The number of hydrogen-bond donors (Lipinski definition) is 3. The smallest absolute Gasteiger partial charge is 0.115 e. The van der Waals surface area contributed by atoms with Crippen LogP contribution < -0.4 is 0 Å². The van der Waals surface area contributed by atoms with E-state index >= 15 is 0 Å². The molecule has 4 heteroatoms. The van der Waals surface area contributed by atoms with Gasteiger partial charge in [-0.2, -0.15) is 0 Å². The predicted octanol–water partition coefficient (Wildman–Crippen LogP) is 2.41. The van der Waals surface area contributed by atoms with Crippen LogP contribution in [0.4, 0.5) is 0 Å². The molecular weight excluding hydrogens is 290 g/mol. The first kappa shape index (κ1) is 16.0. The monoisotopic (exact) mass is 313 g/mol. The number of nitrogens with zero attached hydrogens (tertiary/aromatic N) is 1. The molecular formula is C19H23NO3. The molecule has 2 aromatic rings. The van der Waals surface area contributed by atoms with E-state index in [1.165, 1.54) is 0 Å². The topological polar surface area (TPSA) is 63.9 Å². The highest BCUT2D eigenvalue weighted by atomic mass is 16.3. The third kappa shape index (κ3) is 3.24. The summed E-state index contributed by atoms with van der Waals surface area (Å²) in [5.41, 5.74) is 0.837. The maximum Gasteiger partial charge on any atom is 0.115 e. The fourth-order valence-corrected chi connectivity index (χ4v) is 3.30. The first-order chi connectivity index (χ1) is 11.0. The van der Waals surface area contributed by atoms with Gasteiger partial charge in [0.15, 0.2) is 0 Å². The van der Waals surface area contributed by atoms with Gasteiger partial charge in [-0.05, 0) is 36.6 Å². The Kier molecular flexibility index (Phi) is 4.39. The molecule has 1 aliphatic rings. The lowest BCUT2D eigenvalue weighted by molar-refractivity contribution is 0.0212. The van der Waals surface area contributed by atoms with Gasteiger partial charge in [0, 0.05) is 19.1 Å². The van der Waals surface area contributed by atoms with Crippen LogP contribution in [0, 0.1) is 0 Å². The number of benzene rings is 2. The SMILES string of the molecule is CC(C(O)c1ccc(O)cc1)N1CCC(O)(c2ccccc2)C1. The Labute approximate surface area is 136 Å². The van der Waals surface area contributed by atoms with Gasteiger partial charge in [0.25, 0.3) is 0 Å². The second kappa shape index (κ2) is 6.32. The van der Waals surface area contributed by atoms with Crippen LogP contribution in [0.3, 0.4) is 0 Å². The standard InChI is InChI=1S/C19H23NO3/c1-14(18(22)15-7-9-17(21)10-8-15)20-12-11-19(23,13-20)16-5-3-2-4-6-16/h2-10,14,18,21-23H,11-13H2,1H3. The first-order valence-corrected chi connectivity index (χ1v) is 7.98. The minimum Gasteiger partial charge on any atom is -0.508 e. The fraction of sp³-hybridized carbons (Fsp3) is 0.368. The van der Waals surface area contributed by atoms with Crippen molar-refractivity contribution in [2.24, 2.45) is 0 Å². The zero-order chi connectivity index (χ0) is 16.4. The van der Waals surface area contributed by atoms with Gasteiger partial charge in [0.05, 0.1) is 6.10 Å². The van der Waals surface area contributed by atoms with Crippen LogP contribution in [0.1, 0.15) is 30.6 Å². The quantitative estimate of drug-likeness (QED) is 0.811. The molecule has 0 aromatic heterocycles. The maximum atomic E-state index is 10.9. The van der Waals surface area contributed by atoms with Gasteiger partial charge >= 0.3 is 0 Å². The van der Waals surface area contributed by atoms with Crippen molar-refractivity contribution < 1.29 is 15.3 Å². The average Bonchev–Trinajstić information content (AvgIpc) is 2.99. The van der Waals surface area contributed by atoms with Gasteiger partial charge in [-0.1, -0.05) is 42.5 Å². The summed E-state index contributed by atoms with van der Waals surface area (Å²) in [6, 6.07) is 16.2. The maximum absolute atomic E-state index is 10.9. The van der Waals surface area contributed by atoms with Crippen LogP contribution in [0.15, 0.2) is 54.6 Å². The Morgan fingerprint density at radius 2 is 1.70 bits per heavy atom. The summed E-state index contributed by atoms with van der Waals surface area (Å²) in [7, 11) is 0. The molecule has 0 bridgehead atoms. The molecule has 1 aliphatic heterocycles. The first-order valence-electron chi connectivity index (χ1n) is 7.98. The van der Waals surface area contributed by atoms with Crippen molar-refractivity contribution in [2.45, 2.75) is 31.1 Å². The van der Waals surface area contributed by atoms with E-state index in [2.05, 4.69) is 4.90 Å². The molecule has 2 aromatic carbocycles. The van der Waals surface area contributed by atoms with Crippen molar-refractivity contribution in [3.8, 4) is 5.75 Å². The number of hydrogen-bond acceptors (Lipinski definition) is 4. The number of rotatable bonds is 4. The van der Waals surface area contributed by atoms with E-state index < -0.39 is 11.7 Å². The molecule has 0 radical (unpaired) electrons. The molecule has 3 N–H and O–H groups in total. The van der Waals surface area contributed by atoms with Gasteiger partial charge in [0.2, 0.25) is 0 Å². The normalized spacial score (nSPS) is 24.5. The molecule has 3 rings (SSSR count). The Morgan fingerprint density at radius 3 is 2.35 bits per heavy atom. The Hall–Kier alpha value is -1.88. The van der Waals surface area contributed by atoms with Crippen molar-refractivity contribution in [1.29, 1.82) is 0 Å². The minimum atomic E-state index is -0.857. The highest BCUT2D eigenvalue weighted by Gasteiger charge is 2.40. The van der Waals surface area contributed by atoms with E-state index in [4.69, 9.17) is 0 Å². The van der Waals surface area contributed by atoms with E-state index in [-0.39, 0.29) is 11.8 Å². The lowest BCUT2D eigenvalue weighted by atomic mass is 9.93. The van der Waals surface area contributed by atoms with Crippen molar-refractivity contribution in [3.63, 3.8) is 0 Å². The Balaban J connectivity index is 1.72. The zero-order valence-corrected chi connectivity index (χ0v) is 13.3. The molecule has 0 saturated carbocycles. The number of aliphatic hydroxyl groups is 2. The molecule has 0 aliphatic carbocycles. The summed E-state index contributed by atoms with van der Waals surface area (Å²) in [6.07, 6.45) is -0.00219. The van der Waals surface area contributed by atoms with Crippen molar-refractivity contribution in [2.75, 3.05) is 13.1 Å². The molecule has 3 unspecified atom stereocenters. The van der Waals surface area contributed by atoms with Gasteiger partial charge in [-0.3, -0.25) is 4.90 Å². The van der Waals surface area contributed by atoms with Crippen molar-refractivity contribution in [3.05, 3.63) is 65.7 Å². The molecule has 0 amide bonds. The molecule has 1 fully saturated rings. The highest BCUT2D eigenvalue weighted by molar-refractivity contribution is 5.28. The molecule has 4 nitrogen and oxygen atoms in total. The van der Waals surface area contributed by atoms with Crippen LogP contribution in [-0.2, 0) is 5.60 Å². The van der Waals surface area contributed by atoms with Gasteiger partial charge in [0.1, 0.15) is 11.4 Å². The number of phenols is 1. The molecule has 23 heavy (non-hydrogen) atoms. The number of β-amino-alcohol motifs (C(OH)–C–C–N with tert-alkyl or cyclic N) is 1. The fourth-order valence-electron chi connectivity index (χ4n) is 3.30. The van der Waals surface area contributed by atoms with Gasteiger partial charge < -0.3 is 15.3 Å². The van der Waals surface area contributed by atoms with Crippen LogP contribution >= 0.6 is 0 Å². The Morgan fingerprint density at radius 1 is 1.04 bits per heavy atom. The van der Waals surface area contributed by atoms with Crippen LogP contribution in [0.25, 0.3) is 0 Å². The minimum absolute atomic E-state index is 0.114. The van der Waals surface area contributed by atoms with E-state index in [1.807, 2.05) is 37.3 Å². The summed E-state index contributed by atoms with van der Waals surface area (Å²) in [5.74, 6) is 0.188. The average molecular weight is 313 g/mol. The summed E-state index contributed by atoms with van der Waals surface area (Å²) >= 11 is 0. The lowest BCUT2D eigenvalue weighted by Gasteiger charge is -2.30. The number of aromatic hydroxyl groups is 1. The predicted molar refractivity (Wildman–Crippen MR) is 89.1 cm³/mol. The lowest BCUT2D eigenvalue weighted by Crippen LogP contribution is -2.39. The van der Waals surface area contributed by atoms with E-state index in [1.54, 1.807) is 24.3 Å². The molecule has 3 atom stereocenters. The second-order valence-corrected chi connectivity index (χ2v) is 6.40.